The fourth-order valence-corrected chi connectivity index (χ4v) is 1.93. The summed E-state index contributed by atoms with van der Waals surface area (Å²) in [5.74, 6) is 1.79. The number of benzene rings is 1. The Morgan fingerprint density at radius 1 is 1.29 bits per heavy atom. The molecular weight excluding hydrogens is 232 g/mol. The molecule has 0 spiro atoms. The van der Waals surface area contributed by atoms with Gasteiger partial charge in [-0.15, -0.1) is 16.9 Å². The number of nitrogens with two attached hydrogens (primary N) is 2. The number of hydrogen-bond donors (Lipinski definition) is 2. The summed E-state index contributed by atoms with van der Waals surface area (Å²) in [6.07, 6.45) is 1.62. The lowest BCUT2D eigenvalue weighted by Gasteiger charge is -2.04. The first kappa shape index (κ1) is 13.6. The van der Waals surface area contributed by atoms with Crippen LogP contribution >= 0.6 is 11.8 Å². The largest absolute Gasteiger partial charge is 0.369 e. The predicted molar refractivity (Wildman–Crippen MR) is 75.4 cm³/mol. The monoisotopic (exact) mass is 250 g/mol. The van der Waals surface area contributed by atoms with Gasteiger partial charge in [-0.05, 0) is 23.6 Å². The van der Waals surface area contributed by atoms with Crippen LogP contribution in [0.4, 0.5) is 0 Å². The molecule has 0 aliphatic carbocycles. The zero-order chi connectivity index (χ0) is 12.7. The van der Waals surface area contributed by atoms with Gasteiger partial charge in [-0.25, -0.2) is 0 Å². The molecule has 0 saturated heterocycles. The molecule has 0 aliphatic rings. The van der Waals surface area contributed by atoms with E-state index < -0.39 is 0 Å². The predicted octanol–water partition coefficient (Wildman–Crippen LogP) is 2.04. The molecule has 0 aliphatic heterocycles. The van der Waals surface area contributed by atoms with Gasteiger partial charge in [0.05, 0.1) is 6.21 Å². The molecule has 1 aromatic carbocycles. The average Bonchev–Trinajstić information content (AvgIpc) is 2.27. The zero-order valence-corrected chi connectivity index (χ0v) is 10.9. The van der Waals surface area contributed by atoms with Crippen LogP contribution in [0.25, 0.3) is 0 Å². The third kappa shape index (κ3) is 5.97. The number of rotatable bonds is 5. The maximum atomic E-state index is 5.16. The Labute approximate surface area is 106 Å². The van der Waals surface area contributed by atoms with Gasteiger partial charge in [0.2, 0.25) is 5.96 Å². The summed E-state index contributed by atoms with van der Waals surface area (Å²) in [4.78, 5) is 1.26. The second-order valence-electron chi connectivity index (χ2n) is 4.04. The van der Waals surface area contributed by atoms with Gasteiger partial charge in [-0.3, -0.25) is 0 Å². The van der Waals surface area contributed by atoms with Crippen molar-refractivity contribution >= 4 is 23.9 Å². The van der Waals surface area contributed by atoms with Crippen LogP contribution in [-0.4, -0.2) is 17.9 Å². The highest BCUT2D eigenvalue weighted by Gasteiger charge is 1.97. The minimum Gasteiger partial charge on any atom is -0.369 e. The van der Waals surface area contributed by atoms with Gasteiger partial charge >= 0.3 is 0 Å². The van der Waals surface area contributed by atoms with Crippen LogP contribution in [0.5, 0.6) is 0 Å². The lowest BCUT2D eigenvalue weighted by atomic mass is 10.2. The van der Waals surface area contributed by atoms with Crippen LogP contribution in [0.3, 0.4) is 0 Å². The fraction of sp³-hybridized carbons (Fsp3) is 0.333. The molecule has 1 rings (SSSR count). The van der Waals surface area contributed by atoms with E-state index in [0.29, 0.717) is 5.92 Å². The Morgan fingerprint density at radius 3 is 2.47 bits per heavy atom. The van der Waals surface area contributed by atoms with Gasteiger partial charge in [-0.2, -0.15) is 5.10 Å². The number of guanidine groups is 1. The van der Waals surface area contributed by atoms with E-state index in [1.54, 1.807) is 6.21 Å². The maximum Gasteiger partial charge on any atom is 0.211 e. The first-order chi connectivity index (χ1) is 8.08. The Kier molecular flexibility index (Phi) is 5.56. The summed E-state index contributed by atoms with van der Waals surface area (Å²) in [5, 5.41) is 7.29. The summed E-state index contributed by atoms with van der Waals surface area (Å²) in [5.41, 5.74) is 11.3. The minimum atomic E-state index is -0.0367. The molecule has 0 saturated carbocycles. The molecule has 0 heterocycles. The third-order valence-electron chi connectivity index (χ3n) is 1.84. The van der Waals surface area contributed by atoms with Crippen molar-refractivity contribution in [1.29, 1.82) is 0 Å². The number of hydrogen-bond acceptors (Lipinski definition) is 3. The zero-order valence-electron chi connectivity index (χ0n) is 10.1. The van der Waals surface area contributed by atoms with E-state index >= 15 is 0 Å². The van der Waals surface area contributed by atoms with Crippen LogP contribution < -0.4 is 11.5 Å². The Hall–Kier alpha value is -1.49. The average molecular weight is 250 g/mol. The van der Waals surface area contributed by atoms with Crippen LogP contribution in [0.2, 0.25) is 0 Å². The highest BCUT2D eigenvalue weighted by Crippen LogP contribution is 2.20. The molecule has 5 heteroatoms. The molecule has 0 aromatic heterocycles. The van der Waals surface area contributed by atoms with Gasteiger partial charge in [-0.1, -0.05) is 26.0 Å². The third-order valence-corrected chi connectivity index (χ3v) is 3.28. The van der Waals surface area contributed by atoms with Crippen molar-refractivity contribution in [2.75, 3.05) is 5.75 Å². The summed E-state index contributed by atoms with van der Waals surface area (Å²) in [6, 6.07) is 8.14. The first-order valence-corrected chi connectivity index (χ1v) is 6.41. The molecular formula is C12H18N4S. The Balaban J connectivity index is 2.56. The second-order valence-corrected chi connectivity index (χ2v) is 5.14. The number of nitrogens with zero attached hydrogens (tertiary/aromatic N) is 2. The van der Waals surface area contributed by atoms with Gasteiger partial charge < -0.3 is 11.5 Å². The topological polar surface area (TPSA) is 76.8 Å². The number of thioether (sulfide) groups is 1. The molecule has 1 aromatic rings. The van der Waals surface area contributed by atoms with Crippen molar-refractivity contribution in [3.63, 3.8) is 0 Å². The van der Waals surface area contributed by atoms with E-state index in [9.17, 15) is 0 Å². The van der Waals surface area contributed by atoms with Crippen molar-refractivity contribution < 1.29 is 0 Å². The summed E-state index contributed by atoms with van der Waals surface area (Å²) < 4.78 is 0. The lowest BCUT2D eigenvalue weighted by molar-refractivity contribution is 0.750. The fourth-order valence-electron chi connectivity index (χ4n) is 1.08. The highest BCUT2D eigenvalue weighted by atomic mass is 32.2. The molecule has 4 nitrogen and oxygen atoms in total. The highest BCUT2D eigenvalue weighted by molar-refractivity contribution is 7.99. The SMILES string of the molecule is CC(C)CSc1ccc(C=NN=C(N)N)cc1. The van der Waals surface area contributed by atoms with Crippen molar-refractivity contribution in [1.82, 2.24) is 0 Å². The summed E-state index contributed by atoms with van der Waals surface area (Å²) in [6.45, 7) is 4.42. The van der Waals surface area contributed by atoms with Gasteiger partial charge in [0.1, 0.15) is 0 Å². The Bertz CT molecular complexity index is 391. The first-order valence-electron chi connectivity index (χ1n) is 5.42. The second kappa shape index (κ2) is 6.96. The van der Waals surface area contributed by atoms with Crippen molar-refractivity contribution in [3.05, 3.63) is 29.8 Å². The summed E-state index contributed by atoms with van der Waals surface area (Å²) >= 11 is 1.85. The molecule has 92 valence electrons. The van der Waals surface area contributed by atoms with E-state index in [2.05, 4.69) is 36.2 Å². The molecule has 0 bridgehead atoms. The standard InChI is InChI=1S/C12H18N4S/c1-9(2)8-17-11-5-3-10(4-6-11)7-15-16-12(13)14/h3-7,9H,8H2,1-2H3,(H4,13,14,16). The molecule has 0 radical (unpaired) electrons. The van der Waals surface area contributed by atoms with Crippen molar-refractivity contribution in [2.24, 2.45) is 27.6 Å². The normalized spacial score (nSPS) is 11.0. The van der Waals surface area contributed by atoms with Crippen molar-refractivity contribution in [3.8, 4) is 0 Å². The van der Waals surface area contributed by atoms with Crippen LogP contribution in [0, 0.1) is 5.92 Å². The van der Waals surface area contributed by atoms with Gasteiger partial charge in [0, 0.05) is 10.6 Å². The van der Waals surface area contributed by atoms with Crippen LogP contribution in [-0.2, 0) is 0 Å². The summed E-state index contributed by atoms with van der Waals surface area (Å²) in [7, 11) is 0. The van der Waals surface area contributed by atoms with E-state index in [0.717, 1.165) is 11.3 Å². The smallest absolute Gasteiger partial charge is 0.211 e. The molecule has 4 N–H and O–H groups in total. The van der Waals surface area contributed by atoms with Crippen molar-refractivity contribution in [2.45, 2.75) is 18.7 Å². The van der Waals surface area contributed by atoms with Crippen LogP contribution in [0.15, 0.2) is 39.4 Å². The minimum absolute atomic E-state index is 0.0367. The van der Waals surface area contributed by atoms with E-state index in [-0.39, 0.29) is 5.96 Å². The van der Waals surface area contributed by atoms with E-state index in [1.165, 1.54) is 4.90 Å². The van der Waals surface area contributed by atoms with E-state index in [1.807, 2.05) is 23.9 Å². The molecule has 17 heavy (non-hydrogen) atoms. The molecule has 0 amide bonds. The molecule has 0 atom stereocenters. The van der Waals surface area contributed by atoms with E-state index in [4.69, 9.17) is 11.5 Å². The molecule has 0 unspecified atom stereocenters. The molecule has 0 fully saturated rings. The maximum absolute atomic E-state index is 5.16. The van der Waals surface area contributed by atoms with Gasteiger partial charge in [0.15, 0.2) is 0 Å². The quantitative estimate of drug-likeness (QED) is 0.363. The van der Waals surface area contributed by atoms with Crippen LogP contribution in [0.1, 0.15) is 19.4 Å². The van der Waals surface area contributed by atoms with Gasteiger partial charge in [0.25, 0.3) is 0 Å². The lowest BCUT2D eigenvalue weighted by Crippen LogP contribution is -2.21. The Morgan fingerprint density at radius 2 is 1.94 bits per heavy atom.